The highest BCUT2D eigenvalue weighted by molar-refractivity contribution is 6.13. The van der Waals surface area contributed by atoms with Gasteiger partial charge in [-0.2, -0.15) is 31.6 Å². The van der Waals surface area contributed by atoms with Crippen LogP contribution in [0.3, 0.4) is 0 Å². The normalized spacial score (nSPS) is 12.2. The standard InChI is InChI=1S/C57H41F6N3/c1-31-22-33(3)52(34(4)23-31)38-18-20-42-40-12-7-9-16-46(40)65(48(42)28-38)50-26-37(30-64)27-51(55(50)54-44(56(58,59)60)14-11-15-45(54)57(61,62)63)66-47-17-10-8-13-41(47)43-21-19-39(29-49(43)66)53-35(5)24-32(2)25-36(53)6/h7-29H,1-6H3. The van der Waals surface area contributed by atoms with Crippen LogP contribution in [0.25, 0.3) is 88.4 Å². The summed E-state index contributed by atoms with van der Waals surface area (Å²) in [7, 11) is 0. The molecule has 0 fully saturated rings. The molecule has 0 unspecified atom stereocenters. The van der Waals surface area contributed by atoms with Gasteiger partial charge in [0, 0.05) is 32.7 Å². The van der Waals surface area contributed by atoms with Gasteiger partial charge in [-0.1, -0.05) is 102 Å². The van der Waals surface area contributed by atoms with Crippen molar-refractivity contribution in [2.45, 2.75) is 53.9 Å². The highest BCUT2D eigenvalue weighted by atomic mass is 19.4. The molecule has 0 atom stereocenters. The lowest BCUT2D eigenvalue weighted by molar-refractivity contribution is -0.142. The first-order valence-corrected chi connectivity index (χ1v) is 21.5. The molecule has 10 aromatic rings. The summed E-state index contributed by atoms with van der Waals surface area (Å²) in [5.41, 5.74) is 7.70. The molecular weight excluding hydrogens is 841 g/mol. The van der Waals surface area contributed by atoms with Gasteiger partial charge < -0.3 is 9.13 Å². The second-order valence-electron chi connectivity index (χ2n) is 17.4. The number of alkyl halides is 6. The summed E-state index contributed by atoms with van der Waals surface area (Å²) >= 11 is 0. The van der Waals surface area contributed by atoms with Crippen LogP contribution in [0.1, 0.15) is 50.1 Å². The van der Waals surface area contributed by atoms with E-state index in [1.165, 1.54) is 12.1 Å². The smallest absolute Gasteiger partial charge is 0.308 e. The second-order valence-corrected chi connectivity index (χ2v) is 17.4. The van der Waals surface area contributed by atoms with Crippen LogP contribution in [0.2, 0.25) is 0 Å². The molecule has 8 aromatic carbocycles. The average Bonchev–Trinajstić information content (AvgIpc) is 3.76. The summed E-state index contributed by atoms with van der Waals surface area (Å²) in [5, 5.41) is 13.8. The van der Waals surface area contributed by atoms with E-state index in [-0.39, 0.29) is 22.5 Å². The van der Waals surface area contributed by atoms with Crippen molar-refractivity contribution in [2.75, 3.05) is 0 Å². The molecule has 0 aliphatic rings. The Kier molecular flexibility index (Phi) is 9.81. The summed E-state index contributed by atoms with van der Waals surface area (Å²) in [6.07, 6.45) is -10.4. The molecule has 2 aromatic heterocycles. The predicted octanol–water partition coefficient (Wildman–Crippen LogP) is 16.6. The number of fused-ring (bicyclic) bond motifs is 6. The molecule has 2 heterocycles. The molecule has 0 N–H and O–H groups in total. The van der Waals surface area contributed by atoms with Crippen LogP contribution < -0.4 is 0 Å². The van der Waals surface area contributed by atoms with E-state index in [4.69, 9.17) is 0 Å². The van der Waals surface area contributed by atoms with Crippen molar-refractivity contribution in [3.8, 4) is 50.8 Å². The number of aryl methyl sites for hydroxylation is 6. The molecule has 326 valence electrons. The molecule has 3 nitrogen and oxygen atoms in total. The number of hydrogen-bond donors (Lipinski definition) is 0. The summed E-state index contributed by atoms with van der Waals surface area (Å²) in [6.45, 7) is 12.1. The Morgan fingerprint density at radius 2 is 0.773 bits per heavy atom. The lowest BCUT2D eigenvalue weighted by atomic mass is 9.89. The monoisotopic (exact) mass is 881 g/mol. The zero-order valence-corrected chi connectivity index (χ0v) is 36.9. The van der Waals surface area contributed by atoms with Crippen LogP contribution in [-0.4, -0.2) is 9.13 Å². The van der Waals surface area contributed by atoms with E-state index in [2.05, 4.69) is 30.3 Å². The minimum absolute atomic E-state index is 0.0146. The van der Waals surface area contributed by atoms with Crippen LogP contribution in [-0.2, 0) is 12.4 Å². The first kappa shape index (κ1) is 42.4. The summed E-state index contributed by atoms with van der Waals surface area (Å²) < 4.78 is 97.5. The molecule has 0 radical (unpaired) electrons. The minimum Gasteiger partial charge on any atom is -0.308 e. The van der Waals surface area contributed by atoms with Crippen molar-refractivity contribution in [1.29, 1.82) is 5.26 Å². The fraction of sp³-hybridized carbons (Fsp3) is 0.140. The van der Waals surface area contributed by atoms with Gasteiger partial charge in [0.1, 0.15) is 0 Å². The van der Waals surface area contributed by atoms with Gasteiger partial charge in [0.2, 0.25) is 0 Å². The Labute approximate surface area is 377 Å². The molecule has 0 bridgehead atoms. The highest BCUT2D eigenvalue weighted by Crippen LogP contribution is 2.51. The van der Waals surface area contributed by atoms with Crippen LogP contribution in [0.15, 0.2) is 140 Å². The molecule has 0 aliphatic carbocycles. The molecule has 0 amide bonds. The Balaban J connectivity index is 1.44. The van der Waals surface area contributed by atoms with Crippen LogP contribution in [0.4, 0.5) is 26.3 Å². The molecular formula is C57H41F6N3. The van der Waals surface area contributed by atoms with Gasteiger partial charge in [0.25, 0.3) is 0 Å². The number of halogens is 6. The SMILES string of the molecule is Cc1cc(C)c(-c2ccc3c4ccccc4n(-c4cc(C#N)cc(-n5c6ccccc6c6ccc(-c7c(C)cc(C)cc7C)cc65)c4-c4c(C(F)(F)F)cccc4C(F)(F)F)c3c2)c(C)c1. The topological polar surface area (TPSA) is 33.6 Å². The van der Waals surface area contributed by atoms with Crippen molar-refractivity contribution in [3.05, 3.63) is 190 Å². The fourth-order valence-electron chi connectivity index (χ4n) is 10.6. The second kappa shape index (κ2) is 15.3. The Bertz CT molecular complexity index is 3430. The first-order valence-electron chi connectivity index (χ1n) is 21.5. The molecule has 0 saturated carbocycles. The third-order valence-corrected chi connectivity index (χ3v) is 12.9. The molecule has 66 heavy (non-hydrogen) atoms. The molecule has 0 spiro atoms. The quantitative estimate of drug-likeness (QED) is 0.159. The third kappa shape index (κ3) is 6.74. The molecule has 0 aliphatic heterocycles. The Hall–Kier alpha value is -7.57. The number of aromatic nitrogens is 2. The number of nitriles is 1. The van der Waals surface area contributed by atoms with Crippen LogP contribution in [0.5, 0.6) is 0 Å². The van der Waals surface area contributed by atoms with Gasteiger partial charge in [0.05, 0.1) is 56.2 Å². The number of nitrogens with zero attached hydrogens (tertiary/aromatic N) is 3. The maximum Gasteiger partial charge on any atom is 0.417 e. The van der Waals surface area contributed by atoms with Crippen molar-refractivity contribution >= 4 is 43.6 Å². The van der Waals surface area contributed by atoms with Gasteiger partial charge >= 0.3 is 12.4 Å². The molecule has 10 rings (SSSR count). The largest absolute Gasteiger partial charge is 0.417 e. The number of rotatable bonds is 5. The minimum atomic E-state index is -5.22. The van der Waals surface area contributed by atoms with Crippen LogP contribution >= 0.6 is 0 Å². The maximum absolute atomic E-state index is 15.7. The Morgan fingerprint density at radius 3 is 1.15 bits per heavy atom. The van der Waals surface area contributed by atoms with Crippen molar-refractivity contribution in [3.63, 3.8) is 0 Å². The van der Waals surface area contributed by atoms with E-state index in [1.807, 2.05) is 102 Å². The lowest BCUT2D eigenvalue weighted by Gasteiger charge is -2.25. The molecule has 0 saturated heterocycles. The summed E-state index contributed by atoms with van der Waals surface area (Å²) in [4.78, 5) is 0. The van der Waals surface area contributed by atoms with Crippen molar-refractivity contribution in [2.24, 2.45) is 0 Å². The Morgan fingerprint density at radius 1 is 0.394 bits per heavy atom. The number of benzene rings is 8. The summed E-state index contributed by atoms with van der Waals surface area (Å²) in [6, 6.07) is 42.0. The zero-order chi connectivity index (χ0) is 46.6. The predicted molar refractivity (Wildman–Crippen MR) is 255 cm³/mol. The van der Waals surface area contributed by atoms with Gasteiger partial charge in [0.15, 0.2) is 0 Å². The third-order valence-electron chi connectivity index (χ3n) is 12.9. The van der Waals surface area contributed by atoms with Gasteiger partial charge in [-0.25, -0.2) is 0 Å². The van der Waals surface area contributed by atoms with Crippen LogP contribution in [0, 0.1) is 52.9 Å². The van der Waals surface area contributed by atoms with E-state index in [0.29, 0.717) is 34.2 Å². The van der Waals surface area contributed by atoms with Crippen molar-refractivity contribution < 1.29 is 26.3 Å². The molecule has 9 heteroatoms. The fourth-order valence-corrected chi connectivity index (χ4v) is 10.6. The van der Waals surface area contributed by atoms with E-state index < -0.39 is 29.0 Å². The van der Waals surface area contributed by atoms with Gasteiger partial charge in [-0.15, -0.1) is 0 Å². The number of para-hydroxylation sites is 2. The van der Waals surface area contributed by atoms with Gasteiger partial charge in [-0.05, 0) is 135 Å². The average molecular weight is 882 g/mol. The highest BCUT2D eigenvalue weighted by Gasteiger charge is 2.43. The first-order chi connectivity index (χ1) is 31.4. The maximum atomic E-state index is 15.7. The number of hydrogen-bond acceptors (Lipinski definition) is 1. The van der Waals surface area contributed by atoms with Gasteiger partial charge in [-0.3, -0.25) is 0 Å². The van der Waals surface area contributed by atoms with E-state index in [1.54, 1.807) is 33.4 Å². The zero-order valence-electron chi connectivity index (χ0n) is 36.9. The van der Waals surface area contributed by atoms with Crippen molar-refractivity contribution in [1.82, 2.24) is 9.13 Å². The van der Waals surface area contributed by atoms with E-state index >= 15 is 26.3 Å². The van der Waals surface area contributed by atoms with E-state index in [9.17, 15) is 5.26 Å². The lowest BCUT2D eigenvalue weighted by Crippen LogP contribution is -2.16. The van der Waals surface area contributed by atoms with E-state index in [0.717, 1.165) is 83.2 Å². The summed E-state index contributed by atoms with van der Waals surface area (Å²) in [5.74, 6) is 0.